The fourth-order valence-corrected chi connectivity index (χ4v) is 6.48. The Bertz CT molecular complexity index is 1820. The first-order valence-electron chi connectivity index (χ1n) is 15.4. The molecule has 5 rings (SSSR count). The zero-order valence-corrected chi connectivity index (χ0v) is 27.7. The average molecular weight is 657 g/mol. The molecule has 0 aliphatic heterocycles. The number of halogens is 2. The molecule has 47 heavy (non-hydrogen) atoms. The minimum absolute atomic E-state index is 0.122. The molecule has 0 saturated heterocycles. The van der Waals surface area contributed by atoms with E-state index in [0.717, 1.165) is 22.3 Å². The van der Waals surface area contributed by atoms with E-state index in [1.54, 1.807) is 30.3 Å². The standard InChI is InChI=1S/C38H38ClFN2O5/c1-21-9-11-23(3)30(17-21)41-36(44)34-32(43)19-38(5,46)35(37(45)42-31-18-22(2)10-12-24(31)4)33(34)25-13-15-26(16-14-25)47-20-27-28(39)7-6-8-29(27)40/h6-18,33-35,46H,19-20H2,1-5H3,(H,41,44)(H,42,45). The molecule has 1 aliphatic carbocycles. The van der Waals surface area contributed by atoms with Crippen LogP contribution < -0.4 is 15.4 Å². The van der Waals surface area contributed by atoms with Crippen LogP contribution >= 0.6 is 11.6 Å². The Balaban J connectivity index is 1.53. The van der Waals surface area contributed by atoms with E-state index in [-0.39, 0.29) is 23.6 Å². The monoisotopic (exact) mass is 656 g/mol. The lowest BCUT2D eigenvalue weighted by molar-refractivity contribution is -0.150. The van der Waals surface area contributed by atoms with Crippen molar-refractivity contribution in [2.75, 3.05) is 10.6 Å². The molecule has 3 N–H and O–H groups in total. The Hall–Kier alpha value is -4.53. The minimum atomic E-state index is -1.77. The van der Waals surface area contributed by atoms with Crippen LogP contribution in [-0.2, 0) is 21.0 Å². The Labute approximate surface area is 279 Å². The number of carbonyl (C=O) groups is 3. The first-order chi connectivity index (χ1) is 22.2. The predicted molar refractivity (Wildman–Crippen MR) is 181 cm³/mol. The van der Waals surface area contributed by atoms with Gasteiger partial charge in [-0.2, -0.15) is 0 Å². The quantitative estimate of drug-likeness (QED) is 0.169. The Morgan fingerprint density at radius 1 is 0.894 bits per heavy atom. The van der Waals surface area contributed by atoms with E-state index in [1.165, 1.54) is 19.1 Å². The lowest BCUT2D eigenvalue weighted by Gasteiger charge is -2.44. The number of ether oxygens (including phenoxy) is 1. The molecule has 244 valence electrons. The Kier molecular flexibility index (Phi) is 9.84. The van der Waals surface area contributed by atoms with Crippen molar-refractivity contribution in [2.24, 2.45) is 11.8 Å². The largest absolute Gasteiger partial charge is 0.489 e. The number of benzene rings is 4. The number of hydrogen-bond acceptors (Lipinski definition) is 5. The first kappa shape index (κ1) is 33.8. The maximum Gasteiger partial charge on any atom is 0.235 e. The second-order valence-electron chi connectivity index (χ2n) is 12.7. The molecule has 0 heterocycles. The number of carbonyl (C=O) groups excluding carboxylic acids is 3. The third-order valence-corrected chi connectivity index (χ3v) is 9.20. The average Bonchev–Trinajstić information content (AvgIpc) is 3.00. The van der Waals surface area contributed by atoms with Gasteiger partial charge in [-0.3, -0.25) is 14.4 Å². The number of rotatable bonds is 8. The fourth-order valence-electron chi connectivity index (χ4n) is 6.27. The molecule has 4 atom stereocenters. The molecule has 1 aliphatic rings. The summed E-state index contributed by atoms with van der Waals surface area (Å²) in [6.45, 7) is 8.86. The van der Waals surface area contributed by atoms with Crippen molar-refractivity contribution in [3.05, 3.63) is 123 Å². The highest BCUT2D eigenvalue weighted by molar-refractivity contribution is 6.31. The van der Waals surface area contributed by atoms with E-state index in [9.17, 15) is 23.9 Å². The fraction of sp³-hybridized carbons (Fsp3) is 0.289. The number of Topliss-reactive ketones (excluding diaryl/α,β-unsaturated/α-hetero) is 1. The van der Waals surface area contributed by atoms with E-state index in [0.29, 0.717) is 22.7 Å². The molecule has 0 radical (unpaired) electrons. The van der Waals surface area contributed by atoms with Crippen LogP contribution in [0.2, 0.25) is 5.02 Å². The molecular weight excluding hydrogens is 619 g/mol. The first-order valence-corrected chi connectivity index (χ1v) is 15.8. The third-order valence-electron chi connectivity index (χ3n) is 8.84. The van der Waals surface area contributed by atoms with Gasteiger partial charge < -0.3 is 20.5 Å². The summed E-state index contributed by atoms with van der Waals surface area (Å²) in [6, 6.07) is 22.2. The summed E-state index contributed by atoms with van der Waals surface area (Å²) < 4.78 is 20.1. The van der Waals surface area contributed by atoms with Crippen LogP contribution in [0.25, 0.3) is 0 Å². The molecule has 4 aromatic rings. The number of ketones is 1. The SMILES string of the molecule is Cc1ccc(C)c(NC(=O)C2C(=O)CC(C)(O)C(C(=O)Nc3cc(C)ccc3C)C2c2ccc(OCc3c(F)cccc3Cl)cc2)c1. The molecule has 1 fully saturated rings. The molecule has 9 heteroatoms. The lowest BCUT2D eigenvalue weighted by atomic mass is 9.61. The van der Waals surface area contributed by atoms with E-state index in [2.05, 4.69) is 10.6 Å². The number of aliphatic hydroxyl groups is 1. The molecule has 1 saturated carbocycles. The van der Waals surface area contributed by atoms with Gasteiger partial charge in [-0.15, -0.1) is 0 Å². The zero-order chi connectivity index (χ0) is 34.0. The van der Waals surface area contributed by atoms with Crippen LogP contribution in [0.1, 0.15) is 52.6 Å². The smallest absolute Gasteiger partial charge is 0.235 e. The molecule has 7 nitrogen and oxygen atoms in total. The second kappa shape index (κ2) is 13.7. The van der Waals surface area contributed by atoms with Crippen LogP contribution in [0.3, 0.4) is 0 Å². The van der Waals surface area contributed by atoms with Crippen LogP contribution in [0.5, 0.6) is 5.75 Å². The van der Waals surface area contributed by atoms with E-state index >= 15 is 0 Å². The van der Waals surface area contributed by atoms with Crippen molar-refractivity contribution in [3.8, 4) is 5.75 Å². The Morgan fingerprint density at radius 3 is 2.04 bits per heavy atom. The van der Waals surface area contributed by atoms with Crippen LogP contribution in [0, 0.1) is 45.3 Å². The van der Waals surface area contributed by atoms with Gasteiger partial charge in [-0.05, 0) is 98.8 Å². The second-order valence-corrected chi connectivity index (χ2v) is 13.1. The van der Waals surface area contributed by atoms with Gasteiger partial charge in [0.25, 0.3) is 0 Å². The van der Waals surface area contributed by atoms with Gasteiger partial charge in [0.2, 0.25) is 11.8 Å². The van der Waals surface area contributed by atoms with E-state index in [4.69, 9.17) is 16.3 Å². The minimum Gasteiger partial charge on any atom is -0.489 e. The van der Waals surface area contributed by atoms with Crippen molar-refractivity contribution in [2.45, 2.75) is 59.2 Å². The molecule has 0 spiro atoms. The number of aryl methyl sites for hydroxylation is 4. The normalized spacial score (nSPS) is 20.9. The predicted octanol–water partition coefficient (Wildman–Crippen LogP) is 7.61. The maximum atomic E-state index is 14.3. The summed E-state index contributed by atoms with van der Waals surface area (Å²) in [5.74, 6) is -5.16. The van der Waals surface area contributed by atoms with Crippen molar-refractivity contribution in [3.63, 3.8) is 0 Å². The van der Waals surface area contributed by atoms with E-state index < -0.39 is 46.8 Å². The van der Waals surface area contributed by atoms with Crippen molar-refractivity contribution >= 4 is 40.6 Å². The molecule has 0 bridgehead atoms. The maximum absolute atomic E-state index is 14.3. The lowest BCUT2D eigenvalue weighted by Crippen LogP contribution is -2.56. The van der Waals surface area contributed by atoms with Crippen LogP contribution in [0.15, 0.2) is 78.9 Å². The van der Waals surface area contributed by atoms with Crippen LogP contribution in [0.4, 0.5) is 15.8 Å². The number of anilines is 2. The van der Waals surface area contributed by atoms with Gasteiger partial charge in [0.15, 0.2) is 0 Å². The van der Waals surface area contributed by atoms with Crippen molar-refractivity contribution in [1.29, 1.82) is 0 Å². The third kappa shape index (κ3) is 7.39. The number of amides is 2. The summed E-state index contributed by atoms with van der Waals surface area (Å²) in [4.78, 5) is 42.0. The van der Waals surface area contributed by atoms with Crippen molar-refractivity contribution in [1.82, 2.24) is 0 Å². The van der Waals surface area contributed by atoms with Gasteiger partial charge >= 0.3 is 0 Å². The van der Waals surface area contributed by atoms with Gasteiger partial charge in [-0.25, -0.2) is 4.39 Å². The molecule has 0 aromatic heterocycles. The van der Waals surface area contributed by atoms with Gasteiger partial charge in [-0.1, -0.05) is 54.1 Å². The highest BCUT2D eigenvalue weighted by Gasteiger charge is 2.56. The highest BCUT2D eigenvalue weighted by atomic mass is 35.5. The molecular formula is C38H38ClFN2O5. The van der Waals surface area contributed by atoms with Crippen LogP contribution in [-0.4, -0.2) is 28.3 Å². The summed E-state index contributed by atoms with van der Waals surface area (Å²) in [6.07, 6.45) is -0.385. The zero-order valence-electron chi connectivity index (χ0n) is 27.0. The highest BCUT2D eigenvalue weighted by Crippen LogP contribution is 2.47. The molecule has 4 aromatic carbocycles. The topological polar surface area (TPSA) is 105 Å². The summed E-state index contributed by atoms with van der Waals surface area (Å²) >= 11 is 6.16. The van der Waals surface area contributed by atoms with Crippen molar-refractivity contribution < 1.29 is 28.6 Å². The van der Waals surface area contributed by atoms with Gasteiger partial charge in [0.1, 0.15) is 29.9 Å². The molecule has 4 unspecified atom stereocenters. The number of nitrogens with one attached hydrogen (secondary N) is 2. The van der Waals surface area contributed by atoms with Gasteiger partial charge in [0, 0.05) is 29.3 Å². The summed E-state index contributed by atoms with van der Waals surface area (Å²) in [7, 11) is 0. The summed E-state index contributed by atoms with van der Waals surface area (Å²) in [5.41, 5.74) is 3.57. The number of hydrogen-bond donors (Lipinski definition) is 3. The summed E-state index contributed by atoms with van der Waals surface area (Å²) in [5, 5.41) is 17.8. The Morgan fingerprint density at radius 2 is 1.47 bits per heavy atom. The van der Waals surface area contributed by atoms with E-state index in [1.807, 2.05) is 64.1 Å². The van der Waals surface area contributed by atoms with Gasteiger partial charge in [0.05, 0.1) is 16.5 Å². The molecule has 2 amide bonds.